The maximum absolute atomic E-state index is 5.34. The van der Waals surface area contributed by atoms with Gasteiger partial charge in [-0.1, -0.05) is 6.07 Å². The zero-order valence-corrected chi connectivity index (χ0v) is 12.3. The number of nitrogens with one attached hydrogen (secondary N) is 1. The summed E-state index contributed by atoms with van der Waals surface area (Å²) in [6.45, 7) is 2.11. The highest BCUT2D eigenvalue weighted by Gasteiger charge is 2.09. The molecule has 0 aliphatic rings. The number of methoxy groups -OCH3 is 2. The van der Waals surface area contributed by atoms with Crippen molar-refractivity contribution in [2.24, 2.45) is 0 Å². The van der Waals surface area contributed by atoms with Gasteiger partial charge in [0.05, 0.1) is 14.2 Å². The molecule has 0 saturated heterocycles. The van der Waals surface area contributed by atoms with Crippen LogP contribution in [-0.4, -0.2) is 26.3 Å². The number of hydrogen-bond donors (Lipinski definition) is 1. The molecular formula is C16H20N2O2. The lowest BCUT2D eigenvalue weighted by molar-refractivity contribution is 0.355. The van der Waals surface area contributed by atoms with Gasteiger partial charge in [-0.15, -0.1) is 0 Å². The summed E-state index contributed by atoms with van der Waals surface area (Å²) in [6, 6.07) is 8.27. The van der Waals surface area contributed by atoms with Gasteiger partial charge in [0.1, 0.15) is 0 Å². The number of hydrogen-bond acceptors (Lipinski definition) is 4. The molecule has 2 aromatic rings. The number of benzene rings is 1. The standard InChI is InChI=1S/C16H20N2O2/c1-11(17-2)13-7-14(10-18-9-13)12-5-6-15(19-3)16(8-12)20-4/h5-11,17H,1-4H3. The topological polar surface area (TPSA) is 43.4 Å². The van der Waals surface area contributed by atoms with Crippen molar-refractivity contribution in [2.75, 3.05) is 21.3 Å². The molecule has 4 nitrogen and oxygen atoms in total. The van der Waals surface area contributed by atoms with E-state index in [4.69, 9.17) is 9.47 Å². The van der Waals surface area contributed by atoms with E-state index in [1.165, 1.54) is 0 Å². The second kappa shape index (κ2) is 6.39. The molecule has 1 N–H and O–H groups in total. The lowest BCUT2D eigenvalue weighted by Gasteiger charge is -2.13. The molecule has 0 radical (unpaired) electrons. The Bertz CT molecular complexity index is 584. The fourth-order valence-corrected chi connectivity index (χ4v) is 2.03. The van der Waals surface area contributed by atoms with Crippen LogP contribution >= 0.6 is 0 Å². The third-order valence-electron chi connectivity index (χ3n) is 3.41. The van der Waals surface area contributed by atoms with E-state index in [0.717, 1.165) is 28.2 Å². The molecule has 1 unspecified atom stereocenters. The maximum Gasteiger partial charge on any atom is 0.161 e. The smallest absolute Gasteiger partial charge is 0.161 e. The summed E-state index contributed by atoms with van der Waals surface area (Å²) in [5, 5.41) is 3.22. The lowest BCUT2D eigenvalue weighted by atomic mass is 10.0. The molecule has 2 rings (SSSR count). The zero-order valence-electron chi connectivity index (χ0n) is 12.3. The Balaban J connectivity index is 2.41. The van der Waals surface area contributed by atoms with Gasteiger partial charge in [-0.2, -0.15) is 0 Å². The molecule has 0 saturated carbocycles. The van der Waals surface area contributed by atoms with Gasteiger partial charge in [-0.25, -0.2) is 0 Å². The molecule has 0 amide bonds. The van der Waals surface area contributed by atoms with Crippen LogP contribution in [0.15, 0.2) is 36.7 Å². The first-order chi connectivity index (χ1) is 9.69. The second-order valence-electron chi connectivity index (χ2n) is 4.59. The first-order valence-corrected chi connectivity index (χ1v) is 6.54. The summed E-state index contributed by atoms with van der Waals surface area (Å²) in [4.78, 5) is 4.32. The maximum atomic E-state index is 5.34. The minimum Gasteiger partial charge on any atom is -0.493 e. The van der Waals surface area contributed by atoms with Gasteiger partial charge >= 0.3 is 0 Å². The predicted molar refractivity (Wildman–Crippen MR) is 80.3 cm³/mol. The molecule has 0 aliphatic carbocycles. The average molecular weight is 272 g/mol. The molecule has 1 aromatic heterocycles. The van der Waals surface area contributed by atoms with Crippen molar-refractivity contribution in [3.63, 3.8) is 0 Å². The van der Waals surface area contributed by atoms with Crippen molar-refractivity contribution < 1.29 is 9.47 Å². The normalized spacial score (nSPS) is 12.0. The zero-order chi connectivity index (χ0) is 14.5. The average Bonchev–Trinajstić information content (AvgIpc) is 2.53. The van der Waals surface area contributed by atoms with Crippen LogP contribution in [0.1, 0.15) is 18.5 Å². The highest BCUT2D eigenvalue weighted by atomic mass is 16.5. The SMILES string of the molecule is CNC(C)c1cncc(-c2ccc(OC)c(OC)c2)c1. The molecule has 0 aliphatic heterocycles. The largest absolute Gasteiger partial charge is 0.493 e. The Labute approximate surface area is 119 Å². The van der Waals surface area contributed by atoms with Crippen LogP contribution in [0.25, 0.3) is 11.1 Å². The molecular weight excluding hydrogens is 252 g/mol. The fourth-order valence-electron chi connectivity index (χ4n) is 2.03. The highest BCUT2D eigenvalue weighted by Crippen LogP contribution is 2.32. The Morgan fingerprint density at radius 1 is 1.00 bits per heavy atom. The Hall–Kier alpha value is -2.07. The van der Waals surface area contributed by atoms with Crippen LogP contribution < -0.4 is 14.8 Å². The molecule has 0 spiro atoms. The van der Waals surface area contributed by atoms with Crippen LogP contribution in [0.4, 0.5) is 0 Å². The van der Waals surface area contributed by atoms with E-state index >= 15 is 0 Å². The first kappa shape index (κ1) is 14.3. The van der Waals surface area contributed by atoms with Gasteiger partial charge in [-0.05, 0) is 43.3 Å². The molecule has 1 heterocycles. The Morgan fingerprint density at radius 2 is 1.75 bits per heavy atom. The highest BCUT2D eigenvalue weighted by molar-refractivity contribution is 5.67. The van der Waals surface area contributed by atoms with Crippen LogP contribution in [0, 0.1) is 0 Å². The monoisotopic (exact) mass is 272 g/mol. The third-order valence-corrected chi connectivity index (χ3v) is 3.41. The number of nitrogens with zero attached hydrogens (tertiary/aromatic N) is 1. The quantitative estimate of drug-likeness (QED) is 0.908. The number of pyridine rings is 1. The number of ether oxygens (including phenoxy) is 2. The second-order valence-corrected chi connectivity index (χ2v) is 4.59. The summed E-state index contributed by atoms with van der Waals surface area (Å²) in [5.74, 6) is 1.45. The van der Waals surface area contributed by atoms with E-state index in [1.54, 1.807) is 14.2 Å². The summed E-state index contributed by atoms with van der Waals surface area (Å²) in [7, 11) is 5.21. The van der Waals surface area contributed by atoms with Gasteiger partial charge < -0.3 is 14.8 Å². The molecule has 1 atom stereocenters. The van der Waals surface area contributed by atoms with Crippen molar-refractivity contribution in [2.45, 2.75) is 13.0 Å². The molecule has 1 aromatic carbocycles. The van der Waals surface area contributed by atoms with E-state index < -0.39 is 0 Å². The summed E-state index contributed by atoms with van der Waals surface area (Å²) in [6.07, 6.45) is 3.73. The van der Waals surface area contributed by atoms with Crippen molar-refractivity contribution in [3.05, 3.63) is 42.2 Å². The van der Waals surface area contributed by atoms with Gasteiger partial charge in [0, 0.05) is 24.0 Å². The van der Waals surface area contributed by atoms with E-state index in [9.17, 15) is 0 Å². The number of aromatic nitrogens is 1. The molecule has 4 heteroatoms. The van der Waals surface area contributed by atoms with Crippen molar-refractivity contribution >= 4 is 0 Å². The summed E-state index contributed by atoms with van der Waals surface area (Å²) < 4.78 is 10.6. The van der Waals surface area contributed by atoms with Crippen molar-refractivity contribution in [3.8, 4) is 22.6 Å². The van der Waals surface area contributed by atoms with E-state index in [-0.39, 0.29) is 6.04 Å². The van der Waals surface area contributed by atoms with Crippen molar-refractivity contribution in [1.29, 1.82) is 0 Å². The molecule has 0 fully saturated rings. The lowest BCUT2D eigenvalue weighted by Crippen LogP contribution is -2.12. The van der Waals surface area contributed by atoms with Gasteiger partial charge in [-0.3, -0.25) is 4.98 Å². The molecule has 0 bridgehead atoms. The van der Waals surface area contributed by atoms with Gasteiger partial charge in [0.2, 0.25) is 0 Å². The van der Waals surface area contributed by atoms with Crippen LogP contribution in [0.3, 0.4) is 0 Å². The van der Waals surface area contributed by atoms with Crippen molar-refractivity contribution in [1.82, 2.24) is 10.3 Å². The van der Waals surface area contributed by atoms with Crippen LogP contribution in [0.5, 0.6) is 11.5 Å². The molecule has 106 valence electrons. The minimum absolute atomic E-state index is 0.266. The van der Waals surface area contributed by atoms with Crippen LogP contribution in [0.2, 0.25) is 0 Å². The fraction of sp³-hybridized carbons (Fsp3) is 0.312. The van der Waals surface area contributed by atoms with Gasteiger partial charge in [0.15, 0.2) is 11.5 Å². The number of rotatable bonds is 5. The van der Waals surface area contributed by atoms with Crippen LogP contribution in [-0.2, 0) is 0 Å². The first-order valence-electron chi connectivity index (χ1n) is 6.54. The van der Waals surface area contributed by atoms with E-state index in [1.807, 2.05) is 37.6 Å². The molecule has 20 heavy (non-hydrogen) atoms. The van der Waals surface area contributed by atoms with Gasteiger partial charge in [0.25, 0.3) is 0 Å². The van der Waals surface area contributed by atoms with E-state index in [0.29, 0.717) is 0 Å². The Morgan fingerprint density at radius 3 is 2.40 bits per heavy atom. The third kappa shape index (κ3) is 2.91. The summed E-state index contributed by atoms with van der Waals surface area (Å²) in [5.41, 5.74) is 3.27. The predicted octanol–water partition coefficient (Wildman–Crippen LogP) is 3.05. The summed E-state index contributed by atoms with van der Waals surface area (Å²) >= 11 is 0. The minimum atomic E-state index is 0.266. The van der Waals surface area contributed by atoms with E-state index in [2.05, 4.69) is 23.3 Å². The Kier molecular flexibility index (Phi) is 4.58.